The van der Waals surface area contributed by atoms with Gasteiger partial charge in [-0.05, 0) is 59.3 Å². The number of benzene rings is 1. The van der Waals surface area contributed by atoms with Gasteiger partial charge in [-0.25, -0.2) is 9.67 Å². The molecule has 0 aliphatic heterocycles. The minimum atomic E-state index is -0.127. The van der Waals surface area contributed by atoms with Crippen molar-refractivity contribution in [3.63, 3.8) is 0 Å². The van der Waals surface area contributed by atoms with Crippen molar-refractivity contribution >= 4 is 5.65 Å². The first kappa shape index (κ1) is 15.0. The summed E-state index contributed by atoms with van der Waals surface area (Å²) in [6.07, 6.45) is 3.24. The van der Waals surface area contributed by atoms with Crippen molar-refractivity contribution in [1.29, 1.82) is 0 Å². The summed E-state index contributed by atoms with van der Waals surface area (Å²) in [5.74, 6) is 0.670. The molecule has 124 valence electrons. The van der Waals surface area contributed by atoms with E-state index in [2.05, 4.69) is 20.5 Å². The summed E-state index contributed by atoms with van der Waals surface area (Å²) >= 11 is 0. The van der Waals surface area contributed by atoms with Crippen molar-refractivity contribution < 1.29 is 4.74 Å². The Morgan fingerprint density at radius 2 is 1.96 bits per heavy atom. The Morgan fingerprint density at radius 1 is 1.12 bits per heavy atom. The quantitative estimate of drug-likeness (QED) is 0.563. The predicted molar refractivity (Wildman–Crippen MR) is 89.7 cm³/mol. The van der Waals surface area contributed by atoms with Crippen LogP contribution in [0.4, 0.5) is 0 Å². The van der Waals surface area contributed by atoms with Crippen molar-refractivity contribution in [2.24, 2.45) is 0 Å². The van der Waals surface area contributed by atoms with Gasteiger partial charge < -0.3 is 4.74 Å². The molecule has 4 rings (SSSR count). The zero-order chi connectivity index (χ0) is 17.2. The normalized spacial score (nSPS) is 10.9. The Balaban J connectivity index is 1.53. The number of hydrogen-bond acceptors (Lipinski definition) is 6. The average Bonchev–Trinajstić information content (AvgIpc) is 3.15. The van der Waals surface area contributed by atoms with Crippen molar-refractivity contribution in [2.75, 3.05) is 0 Å². The first-order valence-corrected chi connectivity index (χ1v) is 7.64. The second-order valence-corrected chi connectivity index (χ2v) is 5.55. The lowest BCUT2D eigenvalue weighted by Crippen LogP contribution is -2.16. The van der Waals surface area contributed by atoms with Crippen LogP contribution in [-0.2, 0) is 6.61 Å². The highest BCUT2D eigenvalue weighted by Gasteiger charge is 2.04. The van der Waals surface area contributed by atoms with Crippen LogP contribution in [0.5, 0.6) is 5.75 Å². The van der Waals surface area contributed by atoms with Gasteiger partial charge in [0.2, 0.25) is 0 Å². The Hall–Kier alpha value is -3.55. The van der Waals surface area contributed by atoms with Gasteiger partial charge in [-0.2, -0.15) is 0 Å². The van der Waals surface area contributed by atoms with E-state index < -0.39 is 0 Å². The first-order valence-electron chi connectivity index (χ1n) is 7.64. The smallest absolute Gasteiger partial charge is 0.258 e. The molecule has 0 N–H and O–H groups in total. The van der Waals surface area contributed by atoms with E-state index in [9.17, 15) is 4.79 Å². The lowest BCUT2D eigenvalue weighted by Gasteiger charge is -2.08. The molecule has 3 aromatic heterocycles. The molecule has 4 aromatic rings. The van der Waals surface area contributed by atoms with Gasteiger partial charge in [-0.3, -0.25) is 9.20 Å². The standard InChI is InChI=1S/C17H14N6O2/c1-12-6-7-22-16(8-12)19-13(9-17(22)24)10-25-15-4-2-14(3-5-15)23-11-18-20-21-23/h2-9,11H,10H2,1H3. The maximum atomic E-state index is 12.1. The maximum Gasteiger partial charge on any atom is 0.258 e. The van der Waals surface area contributed by atoms with Gasteiger partial charge >= 0.3 is 0 Å². The topological polar surface area (TPSA) is 87.2 Å². The number of tetrazole rings is 1. The third-order valence-electron chi connectivity index (χ3n) is 3.71. The molecule has 25 heavy (non-hydrogen) atoms. The van der Waals surface area contributed by atoms with E-state index in [4.69, 9.17) is 4.74 Å². The van der Waals surface area contributed by atoms with E-state index in [1.807, 2.05) is 43.3 Å². The van der Waals surface area contributed by atoms with Crippen LogP contribution in [0.3, 0.4) is 0 Å². The van der Waals surface area contributed by atoms with Crippen LogP contribution in [0.15, 0.2) is 59.8 Å². The Kier molecular flexibility index (Phi) is 3.70. The summed E-state index contributed by atoms with van der Waals surface area (Å²) in [6.45, 7) is 2.17. The zero-order valence-electron chi connectivity index (χ0n) is 13.4. The van der Waals surface area contributed by atoms with Crippen LogP contribution in [-0.4, -0.2) is 29.6 Å². The predicted octanol–water partition coefficient (Wildman–Crippen LogP) is 1.56. The minimum absolute atomic E-state index is 0.127. The molecule has 3 heterocycles. The molecule has 0 atom stereocenters. The fourth-order valence-electron chi connectivity index (χ4n) is 2.46. The number of aromatic nitrogens is 6. The van der Waals surface area contributed by atoms with Gasteiger partial charge in [0, 0.05) is 12.3 Å². The number of ether oxygens (including phenoxy) is 1. The van der Waals surface area contributed by atoms with Crippen LogP contribution < -0.4 is 10.3 Å². The van der Waals surface area contributed by atoms with Gasteiger partial charge in [-0.15, -0.1) is 5.10 Å². The summed E-state index contributed by atoms with van der Waals surface area (Å²) in [7, 11) is 0. The van der Waals surface area contributed by atoms with Crippen LogP contribution in [0.1, 0.15) is 11.3 Å². The van der Waals surface area contributed by atoms with E-state index in [1.165, 1.54) is 16.8 Å². The van der Waals surface area contributed by atoms with E-state index in [0.29, 0.717) is 17.1 Å². The highest BCUT2D eigenvalue weighted by molar-refractivity contribution is 5.41. The molecule has 1 aromatic carbocycles. The Morgan fingerprint density at radius 3 is 2.72 bits per heavy atom. The van der Waals surface area contributed by atoms with Crippen LogP contribution in [0.25, 0.3) is 11.3 Å². The lowest BCUT2D eigenvalue weighted by atomic mass is 10.3. The molecule has 0 bridgehead atoms. The third-order valence-corrected chi connectivity index (χ3v) is 3.71. The van der Waals surface area contributed by atoms with E-state index in [-0.39, 0.29) is 12.2 Å². The molecule has 0 aliphatic rings. The monoisotopic (exact) mass is 334 g/mol. The number of fused-ring (bicyclic) bond motifs is 1. The summed E-state index contributed by atoms with van der Waals surface area (Å²) in [6, 6.07) is 12.5. The third kappa shape index (κ3) is 3.09. The van der Waals surface area contributed by atoms with Crippen molar-refractivity contribution in [3.8, 4) is 11.4 Å². The molecule has 8 heteroatoms. The number of hydrogen-bond donors (Lipinski definition) is 0. The highest BCUT2D eigenvalue weighted by Crippen LogP contribution is 2.15. The molecular weight excluding hydrogens is 320 g/mol. The molecule has 0 amide bonds. The lowest BCUT2D eigenvalue weighted by molar-refractivity contribution is 0.301. The molecule has 0 radical (unpaired) electrons. The van der Waals surface area contributed by atoms with Crippen LogP contribution in [0.2, 0.25) is 0 Å². The summed E-state index contributed by atoms with van der Waals surface area (Å²) in [4.78, 5) is 16.6. The minimum Gasteiger partial charge on any atom is -0.487 e. The van der Waals surface area contributed by atoms with Gasteiger partial charge in [0.05, 0.1) is 11.4 Å². The number of rotatable bonds is 4. The number of pyridine rings is 1. The Bertz CT molecular complexity index is 1070. The highest BCUT2D eigenvalue weighted by atomic mass is 16.5. The summed E-state index contributed by atoms with van der Waals surface area (Å²) in [5, 5.41) is 11.0. The Labute approximate surface area is 142 Å². The summed E-state index contributed by atoms with van der Waals surface area (Å²) in [5.41, 5.74) is 2.94. The second-order valence-electron chi connectivity index (χ2n) is 5.55. The van der Waals surface area contributed by atoms with Gasteiger partial charge in [0.25, 0.3) is 5.56 Å². The molecule has 8 nitrogen and oxygen atoms in total. The van der Waals surface area contributed by atoms with Gasteiger partial charge in [-0.1, -0.05) is 0 Å². The second kappa shape index (κ2) is 6.16. The van der Waals surface area contributed by atoms with Gasteiger partial charge in [0.15, 0.2) is 0 Å². The number of nitrogens with zero attached hydrogens (tertiary/aromatic N) is 6. The molecule has 0 aliphatic carbocycles. The maximum absolute atomic E-state index is 12.1. The first-order chi connectivity index (χ1) is 12.2. The van der Waals surface area contributed by atoms with Crippen LogP contribution >= 0.6 is 0 Å². The van der Waals surface area contributed by atoms with E-state index >= 15 is 0 Å². The SMILES string of the molecule is Cc1ccn2c(=O)cc(COc3ccc(-n4cnnn4)cc3)nc2c1. The van der Waals surface area contributed by atoms with Crippen LogP contribution in [0, 0.1) is 6.92 Å². The molecule has 0 saturated carbocycles. The molecule has 0 fully saturated rings. The van der Waals surface area contributed by atoms with E-state index in [1.54, 1.807) is 10.9 Å². The molecular formula is C17H14N6O2. The summed E-state index contributed by atoms with van der Waals surface area (Å²) < 4.78 is 8.79. The van der Waals surface area contributed by atoms with Crippen molar-refractivity contribution in [1.82, 2.24) is 29.6 Å². The molecule has 0 unspecified atom stereocenters. The zero-order valence-corrected chi connectivity index (χ0v) is 13.4. The van der Waals surface area contributed by atoms with Crippen molar-refractivity contribution in [3.05, 3.63) is 76.6 Å². The average molecular weight is 334 g/mol. The van der Waals surface area contributed by atoms with Gasteiger partial charge in [0.1, 0.15) is 24.3 Å². The fraction of sp³-hybridized carbons (Fsp3) is 0.118. The fourth-order valence-corrected chi connectivity index (χ4v) is 2.46. The molecule has 0 saturated heterocycles. The van der Waals surface area contributed by atoms with Crippen molar-refractivity contribution in [2.45, 2.75) is 13.5 Å². The van der Waals surface area contributed by atoms with E-state index in [0.717, 1.165) is 11.3 Å². The number of aryl methyl sites for hydroxylation is 1. The molecule has 0 spiro atoms. The largest absolute Gasteiger partial charge is 0.487 e.